The third-order valence-electron chi connectivity index (χ3n) is 5.05. The molecule has 30 heavy (non-hydrogen) atoms. The van der Waals surface area contributed by atoms with Crippen LogP contribution >= 0.6 is 0 Å². The number of tetrazole rings is 1. The summed E-state index contributed by atoms with van der Waals surface area (Å²) in [7, 11) is 0. The summed E-state index contributed by atoms with van der Waals surface area (Å²) >= 11 is 0. The van der Waals surface area contributed by atoms with Crippen molar-refractivity contribution in [2.45, 2.75) is 45.7 Å². The average Bonchev–Trinajstić information content (AvgIpc) is 3.45. The number of aromatic nitrogens is 7. The van der Waals surface area contributed by atoms with Gasteiger partial charge in [0.15, 0.2) is 5.82 Å². The van der Waals surface area contributed by atoms with Gasteiger partial charge in [-0.05, 0) is 40.1 Å². The zero-order valence-electron chi connectivity index (χ0n) is 17.1. The number of benzene rings is 2. The summed E-state index contributed by atoms with van der Waals surface area (Å²) in [5, 5.41) is 16.3. The van der Waals surface area contributed by atoms with Crippen LogP contribution in [-0.4, -0.2) is 35.0 Å². The van der Waals surface area contributed by atoms with Crippen molar-refractivity contribution in [1.29, 1.82) is 0 Å². The predicted molar refractivity (Wildman–Crippen MR) is 115 cm³/mol. The first kappa shape index (κ1) is 19.9. The molecule has 4 aromatic rings. The van der Waals surface area contributed by atoms with E-state index >= 15 is 0 Å². The second kappa shape index (κ2) is 9.41. The van der Waals surface area contributed by atoms with Crippen LogP contribution in [0.1, 0.15) is 43.4 Å². The maximum atomic E-state index is 5.79. The van der Waals surface area contributed by atoms with Gasteiger partial charge in [0.1, 0.15) is 12.2 Å². The van der Waals surface area contributed by atoms with Crippen molar-refractivity contribution >= 4 is 0 Å². The van der Waals surface area contributed by atoms with Crippen LogP contribution in [0.25, 0.3) is 16.8 Å². The van der Waals surface area contributed by atoms with Gasteiger partial charge in [-0.1, -0.05) is 56.2 Å². The molecule has 0 bridgehead atoms. The van der Waals surface area contributed by atoms with Gasteiger partial charge in [-0.25, -0.2) is 9.67 Å². The van der Waals surface area contributed by atoms with E-state index < -0.39 is 0 Å². The highest BCUT2D eigenvalue weighted by molar-refractivity contribution is 5.73. The highest BCUT2D eigenvalue weighted by Gasteiger charge is 2.13. The van der Waals surface area contributed by atoms with E-state index in [9.17, 15) is 0 Å². The van der Waals surface area contributed by atoms with Gasteiger partial charge < -0.3 is 5.73 Å². The molecule has 0 spiro atoms. The molecular formula is C22H26N8. The molecule has 2 aromatic carbocycles. The standard InChI is InChI=1S/C22H26N8/c1-2-3-5-10-22-25-21(14-23)26-29(22)15-17-11-12-20(30-16-24-27-28-30)19(13-17)18-8-6-4-7-9-18/h4,6-9,11-13,16H,2-3,5,10,14-15,23H2,1H3. The number of rotatable bonds is 9. The molecule has 8 nitrogen and oxygen atoms in total. The van der Waals surface area contributed by atoms with Crippen LogP contribution in [-0.2, 0) is 19.5 Å². The van der Waals surface area contributed by atoms with Gasteiger partial charge in [-0.15, -0.1) is 5.10 Å². The number of hydrogen-bond donors (Lipinski definition) is 1. The van der Waals surface area contributed by atoms with E-state index in [4.69, 9.17) is 5.73 Å². The van der Waals surface area contributed by atoms with E-state index in [1.807, 2.05) is 28.9 Å². The van der Waals surface area contributed by atoms with Crippen molar-refractivity contribution in [1.82, 2.24) is 35.0 Å². The number of nitrogens with zero attached hydrogens (tertiary/aromatic N) is 7. The molecule has 2 aromatic heterocycles. The summed E-state index contributed by atoms with van der Waals surface area (Å²) in [6.07, 6.45) is 5.99. The largest absolute Gasteiger partial charge is 0.324 e. The normalized spacial score (nSPS) is 11.1. The molecule has 0 atom stereocenters. The fraction of sp³-hybridized carbons (Fsp3) is 0.318. The van der Waals surface area contributed by atoms with Gasteiger partial charge >= 0.3 is 0 Å². The Morgan fingerprint density at radius 3 is 2.63 bits per heavy atom. The van der Waals surface area contributed by atoms with Crippen LogP contribution < -0.4 is 5.73 Å². The average molecular weight is 403 g/mol. The second-order valence-corrected chi connectivity index (χ2v) is 7.24. The summed E-state index contributed by atoms with van der Waals surface area (Å²) in [6.45, 7) is 3.19. The van der Waals surface area contributed by atoms with Gasteiger partial charge in [0.05, 0.1) is 18.8 Å². The first-order valence-corrected chi connectivity index (χ1v) is 10.3. The van der Waals surface area contributed by atoms with Crippen molar-refractivity contribution in [2.24, 2.45) is 5.73 Å². The minimum atomic E-state index is 0.348. The number of aryl methyl sites for hydroxylation is 1. The van der Waals surface area contributed by atoms with Crippen molar-refractivity contribution in [3.8, 4) is 16.8 Å². The lowest BCUT2D eigenvalue weighted by molar-refractivity contribution is 0.604. The minimum absolute atomic E-state index is 0.348. The lowest BCUT2D eigenvalue weighted by Crippen LogP contribution is -2.08. The molecule has 154 valence electrons. The van der Waals surface area contributed by atoms with Crippen LogP contribution in [0.2, 0.25) is 0 Å². The van der Waals surface area contributed by atoms with Gasteiger partial charge in [-0.3, -0.25) is 0 Å². The van der Waals surface area contributed by atoms with Crippen molar-refractivity contribution < 1.29 is 0 Å². The third kappa shape index (κ3) is 4.44. The first-order valence-electron chi connectivity index (χ1n) is 10.3. The van der Waals surface area contributed by atoms with Crippen molar-refractivity contribution in [2.75, 3.05) is 0 Å². The smallest absolute Gasteiger partial charge is 0.164 e. The SMILES string of the molecule is CCCCCc1nc(CN)nn1Cc1ccc(-n2cnnn2)c(-c2ccccc2)c1. The van der Waals surface area contributed by atoms with Gasteiger partial charge in [0.25, 0.3) is 0 Å². The molecule has 0 saturated carbocycles. The topological polar surface area (TPSA) is 100 Å². The summed E-state index contributed by atoms with van der Waals surface area (Å²) < 4.78 is 3.67. The maximum Gasteiger partial charge on any atom is 0.164 e. The highest BCUT2D eigenvalue weighted by Crippen LogP contribution is 2.27. The second-order valence-electron chi connectivity index (χ2n) is 7.24. The van der Waals surface area contributed by atoms with Gasteiger partial charge in [0, 0.05) is 12.0 Å². The molecule has 8 heteroatoms. The minimum Gasteiger partial charge on any atom is -0.324 e. The summed E-state index contributed by atoms with van der Waals surface area (Å²) in [4.78, 5) is 4.63. The fourth-order valence-corrected chi connectivity index (χ4v) is 3.53. The Labute approximate surface area is 175 Å². The number of hydrogen-bond acceptors (Lipinski definition) is 6. The number of nitrogens with two attached hydrogens (primary N) is 1. The van der Waals surface area contributed by atoms with E-state index in [-0.39, 0.29) is 0 Å². The maximum absolute atomic E-state index is 5.79. The van der Waals surface area contributed by atoms with Gasteiger partial charge in [0.2, 0.25) is 0 Å². The fourth-order valence-electron chi connectivity index (χ4n) is 3.53. The molecule has 4 rings (SSSR count). The Balaban J connectivity index is 1.68. The summed E-state index contributed by atoms with van der Waals surface area (Å²) in [5.74, 6) is 1.69. The molecule has 0 aliphatic heterocycles. The zero-order chi connectivity index (χ0) is 20.8. The molecule has 2 heterocycles. The monoisotopic (exact) mass is 402 g/mol. The zero-order valence-corrected chi connectivity index (χ0v) is 17.1. The van der Waals surface area contributed by atoms with E-state index in [0.29, 0.717) is 18.9 Å². The van der Waals surface area contributed by atoms with Crippen molar-refractivity contribution in [3.63, 3.8) is 0 Å². The van der Waals surface area contributed by atoms with E-state index in [1.54, 1.807) is 11.0 Å². The molecule has 0 aliphatic rings. The van der Waals surface area contributed by atoms with E-state index in [2.05, 4.69) is 56.8 Å². The Kier molecular flexibility index (Phi) is 6.24. The van der Waals surface area contributed by atoms with Crippen LogP contribution in [0.3, 0.4) is 0 Å². The number of unbranched alkanes of at least 4 members (excludes halogenated alkanes) is 2. The third-order valence-corrected chi connectivity index (χ3v) is 5.05. The Bertz CT molecular complexity index is 1070. The molecule has 0 saturated heterocycles. The molecule has 0 amide bonds. The van der Waals surface area contributed by atoms with Crippen LogP contribution in [0.4, 0.5) is 0 Å². The van der Waals surface area contributed by atoms with Gasteiger partial charge in [-0.2, -0.15) is 9.78 Å². The van der Waals surface area contributed by atoms with Crippen LogP contribution in [0.5, 0.6) is 0 Å². The molecule has 0 fully saturated rings. The summed E-state index contributed by atoms with van der Waals surface area (Å²) in [6, 6.07) is 16.6. The predicted octanol–water partition coefficient (Wildman–Crippen LogP) is 3.16. The van der Waals surface area contributed by atoms with E-state index in [1.165, 1.54) is 12.8 Å². The van der Waals surface area contributed by atoms with E-state index in [0.717, 1.165) is 41.0 Å². The molecule has 0 radical (unpaired) electrons. The Hall–Kier alpha value is -3.39. The quantitative estimate of drug-likeness (QED) is 0.432. The molecule has 0 unspecified atom stereocenters. The lowest BCUT2D eigenvalue weighted by atomic mass is 10.0. The molecule has 2 N–H and O–H groups in total. The Morgan fingerprint density at radius 2 is 1.90 bits per heavy atom. The van der Waals surface area contributed by atoms with Crippen molar-refractivity contribution in [3.05, 3.63) is 72.1 Å². The van der Waals surface area contributed by atoms with Crippen LogP contribution in [0, 0.1) is 0 Å². The molecule has 0 aliphatic carbocycles. The first-order chi connectivity index (χ1) is 14.8. The Morgan fingerprint density at radius 1 is 1.03 bits per heavy atom. The lowest BCUT2D eigenvalue weighted by Gasteiger charge is -2.12. The highest BCUT2D eigenvalue weighted by atomic mass is 15.5. The molecular weight excluding hydrogens is 376 g/mol. The summed E-state index contributed by atoms with van der Waals surface area (Å²) in [5.41, 5.74) is 10.0. The van der Waals surface area contributed by atoms with Crippen LogP contribution in [0.15, 0.2) is 54.9 Å².